The molecule has 0 aliphatic rings. The standard InChI is InChI=1S/C14H12N2O3S2/c1-19-10-7-8-12-13(9-10)16(14(20)15-12)21(17,18)11-5-3-2-4-6-11/h2-9H,1H3,(H,15,20). The number of fused-ring (bicyclic) bond motifs is 1. The first-order chi connectivity index (χ1) is 10.0. The van der Waals surface area contributed by atoms with Crippen molar-refractivity contribution >= 4 is 33.3 Å². The third kappa shape index (κ3) is 2.24. The smallest absolute Gasteiger partial charge is 0.270 e. The molecule has 5 nitrogen and oxygen atoms in total. The van der Waals surface area contributed by atoms with Crippen molar-refractivity contribution in [1.82, 2.24) is 8.96 Å². The van der Waals surface area contributed by atoms with Gasteiger partial charge in [-0.25, -0.2) is 12.4 Å². The Kier molecular flexibility index (Phi) is 3.30. The van der Waals surface area contributed by atoms with E-state index >= 15 is 0 Å². The van der Waals surface area contributed by atoms with E-state index in [0.29, 0.717) is 16.8 Å². The lowest BCUT2D eigenvalue weighted by Gasteiger charge is -2.07. The van der Waals surface area contributed by atoms with Crippen molar-refractivity contribution in [2.75, 3.05) is 7.11 Å². The molecular formula is C14H12N2O3S2. The van der Waals surface area contributed by atoms with Crippen molar-refractivity contribution < 1.29 is 13.2 Å². The van der Waals surface area contributed by atoms with Crippen LogP contribution >= 0.6 is 12.2 Å². The van der Waals surface area contributed by atoms with Gasteiger partial charge in [0.25, 0.3) is 10.0 Å². The molecule has 1 N–H and O–H groups in total. The summed E-state index contributed by atoms with van der Waals surface area (Å²) in [6.45, 7) is 0. The van der Waals surface area contributed by atoms with Crippen LogP contribution in [0.4, 0.5) is 0 Å². The number of hydrogen-bond acceptors (Lipinski definition) is 4. The largest absolute Gasteiger partial charge is 0.497 e. The summed E-state index contributed by atoms with van der Waals surface area (Å²) in [5.41, 5.74) is 1.10. The highest BCUT2D eigenvalue weighted by Crippen LogP contribution is 2.24. The lowest BCUT2D eigenvalue weighted by Crippen LogP contribution is -2.12. The zero-order valence-electron chi connectivity index (χ0n) is 11.1. The van der Waals surface area contributed by atoms with Crippen LogP contribution in [0.25, 0.3) is 11.0 Å². The Labute approximate surface area is 126 Å². The molecule has 3 aromatic rings. The summed E-state index contributed by atoms with van der Waals surface area (Å²) < 4.78 is 31.9. The molecule has 108 valence electrons. The van der Waals surface area contributed by atoms with E-state index in [4.69, 9.17) is 17.0 Å². The number of H-pyrrole nitrogens is 1. The fourth-order valence-corrected chi connectivity index (χ4v) is 4.01. The number of aromatic nitrogens is 2. The number of ether oxygens (including phenoxy) is 1. The summed E-state index contributed by atoms with van der Waals surface area (Å²) in [7, 11) is -2.23. The maximum Gasteiger partial charge on any atom is 0.270 e. The Balaban J connectivity index is 2.34. The predicted molar refractivity (Wildman–Crippen MR) is 82.7 cm³/mol. The summed E-state index contributed by atoms with van der Waals surface area (Å²) >= 11 is 5.17. The summed E-state index contributed by atoms with van der Waals surface area (Å²) in [5.74, 6) is 0.563. The van der Waals surface area contributed by atoms with Crippen LogP contribution in [-0.2, 0) is 10.0 Å². The van der Waals surface area contributed by atoms with Gasteiger partial charge in [0.2, 0.25) is 0 Å². The first-order valence-electron chi connectivity index (χ1n) is 6.13. The van der Waals surface area contributed by atoms with E-state index < -0.39 is 10.0 Å². The van der Waals surface area contributed by atoms with Crippen LogP contribution in [0.5, 0.6) is 5.75 Å². The van der Waals surface area contributed by atoms with Crippen molar-refractivity contribution in [3.05, 3.63) is 53.3 Å². The first kappa shape index (κ1) is 13.8. The minimum atomic E-state index is -3.75. The average Bonchev–Trinajstić information content (AvgIpc) is 2.83. The highest BCUT2D eigenvalue weighted by Gasteiger charge is 2.21. The fourth-order valence-electron chi connectivity index (χ4n) is 2.12. The van der Waals surface area contributed by atoms with Crippen molar-refractivity contribution in [3.63, 3.8) is 0 Å². The molecule has 7 heteroatoms. The molecular weight excluding hydrogens is 308 g/mol. The van der Waals surface area contributed by atoms with Gasteiger partial charge >= 0.3 is 0 Å². The molecule has 0 amide bonds. The summed E-state index contributed by atoms with van der Waals surface area (Å²) in [6.07, 6.45) is 0. The Hall–Kier alpha value is -2.12. The van der Waals surface area contributed by atoms with Crippen LogP contribution in [0.1, 0.15) is 0 Å². The second-order valence-electron chi connectivity index (χ2n) is 4.40. The van der Waals surface area contributed by atoms with Crippen molar-refractivity contribution in [3.8, 4) is 5.75 Å². The van der Waals surface area contributed by atoms with Gasteiger partial charge in [-0.3, -0.25) is 0 Å². The van der Waals surface area contributed by atoms with E-state index in [-0.39, 0.29) is 9.67 Å². The molecule has 2 aromatic carbocycles. The van der Waals surface area contributed by atoms with Crippen LogP contribution in [0.2, 0.25) is 0 Å². The van der Waals surface area contributed by atoms with Crippen LogP contribution < -0.4 is 4.74 Å². The second-order valence-corrected chi connectivity index (χ2v) is 6.57. The molecule has 0 spiro atoms. The monoisotopic (exact) mass is 320 g/mol. The van der Waals surface area contributed by atoms with Crippen LogP contribution in [0.15, 0.2) is 53.4 Å². The Morgan fingerprint density at radius 3 is 2.52 bits per heavy atom. The Morgan fingerprint density at radius 2 is 1.86 bits per heavy atom. The zero-order valence-corrected chi connectivity index (χ0v) is 12.7. The molecule has 0 saturated carbocycles. The highest BCUT2D eigenvalue weighted by molar-refractivity contribution is 7.90. The topological polar surface area (TPSA) is 64.1 Å². The van der Waals surface area contributed by atoms with Gasteiger partial charge in [0, 0.05) is 6.07 Å². The summed E-state index contributed by atoms with van der Waals surface area (Å²) in [5, 5.41) is 0. The Morgan fingerprint density at radius 1 is 1.14 bits per heavy atom. The number of hydrogen-bond donors (Lipinski definition) is 1. The quantitative estimate of drug-likeness (QED) is 0.754. The summed E-state index contributed by atoms with van der Waals surface area (Å²) in [6, 6.07) is 13.3. The molecule has 21 heavy (non-hydrogen) atoms. The third-order valence-electron chi connectivity index (χ3n) is 3.13. The molecule has 0 bridgehead atoms. The van der Waals surface area contributed by atoms with Gasteiger partial charge in [-0.2, -0.15) is 0 Å². The molecule has 0 aliphatic heterocycles. The van der Waals surface area contributed by atoms with E-state index in [0.717, 1.165) is 3.97 Å². The molecule has 3 rings (SSSR count). The predicted octanol–water partition coefficient (Wildman–Crippen LogP) is 2.94. The van der Waals surface area contributed by atoms with Crippen molar-refractivity contribution in [2.45, 2.75) is 4.90 Å². The molecule has 1 aromatic heterocycles. The molecule has 0 unspecified atom stereocenters. The Bertz CT molecular complexity index is 957. The van der Waals surface area contributed by atoms with Gasteiger partial charge in [-0.15, -0.1) is 0 Å². The van der Waals surface area contributed by atoms with E-state index in [1.807, 2.05) is 0 Å². The molecule has 0 fully saturated rings. The SMILES string of the molecule is COc1ccc2[nH]c(=S)n(S(=O)(=O)c3ccccc3)c2c1. The normalized spacial score (nSPS) is 11.7. The number of nitrogens with zero attached hydrogens (tertiary/aromatic N) is 1. The lowest BCUT2D eigenvalue weighted by molar-refractivity contribution is 0.415. The number of rotatable bonds is 3. The van der Waals surface area contributed by atoms with Gasteiger partial charge in [0.05, 0.1) is 23.0 Å². The fraction of sp³-hybridized carbons (Fsp3) is 0.0714. The number of aromatic amines is 1. The number of benzene rings is 2. The van der Waals surface area contributed by atoms with Gasteiger partial charge < -0.3 is 9.72 Å². The van der Waals surface area contributed by atoms with Crippen molar-refractivity contribution in [1.29, 1.82) is 0 Å². The highest BCUT2D eigenvalue weighted by atomic mass is 32.2. The molecule has 0 saturated heterocycles. The molecule has 0 atom stereocenters. The van der Waals surface area contributed by atoms with E-state index in [2.05, 4.69) is 4.98 Å². The van der Waals surface area contributed by atoms with Crippen LogP contribution in [0, 0.1) is 4.77 Å². The van der Waals surface area contributed by atoms with Crippen LogP contribution in [-0.4, -0.2) is 24.5 Å². The van der Waals surface area contributed by atoms with Crippen LogP contribution in [0.3, 0.4) is 0 Å². The lowest BCUT2D eigenvalue weighted by atomic mass is 10.3. The van der Waals surface area contributed by atoms with Gasteiger partial charge in [-0.05, 0) is 36.5 Å². The number of nitrogens with one attached hydrogen (secondary N) is 1. The third-order valence-corrected chi connectivity index (χ3v) is 5.26. The molecule has 1 heterocycles. The van der Waals surface area contributed by atoms with E-state index in [9.17, 15) is 8.42 Å². The average molecular weight is 320 g/mol. The molecule has 0 aliphatic carbocycles. The number of methoxy groups -OCH3 is 1. The second kappa shape index (κ2) is 5.01. The minimum absolute atomic E-state index is 0.127. The molecule has 0 radical (unpaired) electrons. The summed E-state index contributed by atoms with van der Waals surface area (Å²) in [4.78, 5) is 3.08. The van der Waals surface area contributed by atoms with Gasteiger partial charge in [0.15, 0.2) is 4.77 Å². The van der Waals surface area contributed by atoms with E-state index in [1.165, 1.54) is 19.2 Å². The van der Waals surface area contributed by atoms with Crippen molar-refractivity contribution in [2.24, 2.45) is 0 Å². The maximum atomic E-state index is 12.8. The minimum Gasteiger partial charge on any atom is -0.497 e. The van der Waals surface area contributed by atoms with Gasteiger partial charge in [-0.1, -0.05) is 18.2 Å². The maximum absolute atomic E-state index is 12.8. The van der Waals surface area contributed by atoms with Gasteiger partial charge in [0.1, 0.15) is 5.75 Å². The number of imidazole rings is 1. The van der Waals surface area contributed by atoms with E-state index in [1.54, 1.807) is 36.4 Å². The zero-order chi connectivity index (χ0) is 15.0. The first-order valence-corrected chi connectivity index (χ1v) is 7.98.